The average molecular weight is 341 g/mol. The lowest BCUT2D eigenvalue weighted by Crippen LogP contribution is -2.38. The van der Waals surface area contributed by atoms with Crippen molar-refractivity contribution in [2.75, 3.05) is 5.32 Å². The molecule has 3 heterocycles. The third kappa shape index (κ3) is 2.61. The summed E-state index contributed by atoms with van der Waals surface area (Å²) in [6.45, 7) is 6.96. The van der Waals surface area contributed by atoms with Gasteiger partial charge in [0.1, 0.15) is 11.2 Å². The molecular weight excluding hydrogens is 318 g/mol. The maximum absolute atomic E-state index is 12.7. The molecule has 2 aliphatic rings. The van der Waals surface area contributed by atoms with Gasteiger partial charge in [0, 0.05) is 22.8 Å². The van der Waals surface area contributed by atoms with Crippen LogP contribution in [0.25, 0.3) is 0 Å². The van der Waals surface area contributed by atoms with Crippen molar-refractivity contribution < 1.29 is 4.79 Å². The summed E-state index contributed by atoms with van der Waals surface area (Å²) in [6.07, 6.45) is 6.61. The minimum absolute atomic E-state index is 0.0457. The molecule has 0 fully saturated rings. The molecule has 0 saturated heterocycles. The average Bonchev–Trinajstić information content (AvgIpc) is 2.92. The number of aromatic nitrogens is 1. The highest BCUT2D eigenvalue weighted by Gasteiger charge is 2.36. The van der Waals surface area contributed by atoms with E-state index in [1.807, 2.05) is 12.1 Å². The van der Waals surface area contributed by atoms with Crippen LogP contribution in [0.4, 0.5) is 5.00 Å². The molecule has 1 aliphatic carbocycles. The number of fused-ring (bicyclic) bond motifs is 3. The number of carbonyl (C=O) groups is 1. The van der Waals surface area contributed by atoms with E-state index < -0.39 is 0 Å². The van der Waals surface area contributed by atoms with Crippen molar-refractivity contribution in [3.63, 3.8) is 0 Å². The Kier molecular flexibility index (Phi) is 3.64. The number of pyridine rings is 1. The van der Waals surface area contributed by atoms with Crippen LogP contribution in [0.1, 0.15) is 59.7 Å². The van der Waals surface area contributed by atoms with Crippen LogP contribution < -0.4 is 10.6 Å². The fourth-order valence-corrected chi connectivity index (χ4v) is 5.10. The largest absolute Gasteiger partial charge is 0.353 e. The maximum Gasteiger partial charge on any atom is 0.256 e. The number of carbonyl (C=O) groups excluding carboxylic acids is 1. The molecule has 2 atom stereocenters. The summed E-state index contributed by atoms with van der Waals surface area (Å²) in [5.41, 5.74) is 3.44. The van der Waals surface area contributed by atoms with E-state index >= 15 is 0 Å². The second kappa shape index (κ2) is 5.59. The van der Waals surface area contributed by atoms with E-state index in [-0.39, 0.29) is 12.1 Å². The Morgan fingerprint density at radius 1 is 1.29 bits per heavy atom. The molecule has 0 radical (unpaired) electrons. The zero-order valence-corrected chi connectivity index (χ0v) is 15.2. The van der Waals surface area contributed by atoms with Crippen LogP contribution >= 0.6 is 11.3 Å². The fraction of sp³-hybridized carbons (Fsp3) is 0.474. The predicted molar refractivity (Wildman–Crippen MR) is 97.4 cm³/mol. The van der Waals surface area contributed by atoms with Crippen LogP contribution in [0.2, 0.25) is 0 Å². The van der Waals surface area contributed by atoms with Crippen molar-refractivity contribution in [2.24, 2.45) is 11.3 Å². The minimum atomic E-state index is -0.197. The van der Waals surface area contributed by atoms with Gasteiger partial charge in [-0.25, -0.2) is 0 Å². The maximum atomic E-state index is 12.7. The highest BCUT2D eigenvalue weighted by atomic mass is 32.1. The molecule has 1 aliphatic heterocycles. The number of hydrogen-bond acceptors (Lipinski definition) is 4. The highest BCUT2D eigenvalue weighted by molar-refractivity contribution is 7.16. The van der Waals surface area contributed by atoms with Crippen LogP contribution in [0.3, 0.4) is 0 Å². The molecule has 5 heteroatoms. The van der Waals surface area contributed by atoms with Gasteiger partial charge in [0.25, 0.3) is 5.91 Å². The van der Waals surface area contributed by atoms with Crippen molar-refractivity contribution in [3.8, 4) is 0 Å². The lowest BCUT2D eigenvalue weighted by molar-refractivity contribution is 0.0935. The van der Waals surface area contributed by atoms with Crippen LogP contribution in [-0.4, -0.2) is 10.9 Å². The van der Waals surface area contributed by atoms with E-state index in [1.54, 1.807) is 23.7 Å². The Morgan fingerprint density at radius 3 is 2.83 bits per heavy atom. The molecule has 0 spiro atoms. The Morgan fingerprint density at radius 2 is 2.12 bits per heavy atom. The van der Waals surface area contributed by atoms with Crippen LogP contribution in [0.15, 0.2) is 24.5 Å². The minimum Gasteiger partial charge on any atom is -0.353 e. The first kappa shape index (κ1) is 15.6. The predicted octanol–water partition coefficient (Wildman–Crippen LogP) is 4.15. The van der Waals surface area contributed by atoms with Crippen molar-refractivity contribution in [3.05, 3.63) is 46.1 Å². The summed E-state index contributed by atoms with van der Waals surface area (Å²) in [5.74, 6) is 0.728. The molecule has 2 aromatic heterocycles. The molecule has 4 rings (SSSR count). The van der Waals surface area contributed by atoms with Gasteiger partial charge in [0.15, 0.2) is 0 Å². The molecule has 2 N–H and O–H groups in total. The van der Waals surface area contributed by atoms with Crippen molar-refractivity contribution in [2.45, 2.75) is 46.2 Å². The third-order valence-corrected chi connectivity index (χ3v) is 6.47. The number of nitrogens with one attached hydrogen (secondary N) is 2. The number of rotatable bonds is 1. The van der Waals surface area contributed by atoms with Crippen molar-refractivity contribution in [1.82, 2.24) is 10.3 Å². The molecule has 0 aromatic carbocycles. The Labute approximate surface area is 146 Å². The normalized spacial score (nSPS) is 23.0. The number of amides is 1. The topological polar surface area (TPSA) is 54.0 Å². The second-order valence-electron chi connectivity index (χ2n) is 7.85. The Hall–Kier alpha value is -1.88. The zero-order chi connectivity index (χ0) is 16.9. The molecule has 126 valence electrons. The number of anilines is 1. The molecule has 0 saturated carbocycles. The number of nitrogens with zero attached hydrogens (tertiary/aromatic N) is 1. The number of hydrogen-bond donors (Lipinski definition) is 2. The van der Waals surface area contributed by atoms with Crippen LogP contribution in [-0.2, 0) is 12.8 Å². The van der Waals surface area contributed by atoms with Crippen LogP contribution in [0.5, 0.6) is 0 Å². The smallest absolute Gasteiger partial charge is 0.256 e. The van der Waals surface area contributed by atoms with E-state index in [9.17, 15) is 4.79 Å². The SMILES string of the molecule is CC(C)(C)[C@H]1CCc2c(sc3c2C(=O)N[C@@H](c2cccnc2)N3)C1. The Bertz CT molecular complexity index is 776. The summed E-state index contributed by atoms with van der Waals surface area (Å²) >= 11 is 1.77. The lowest BCUT2D eigenvalue weighted by atomic mass is 9.72. The van der Waals surface area contributed by atoms with Crippen molar-refractivity contribution in [1.29, 1.82) is 0 Å². The zero-order valence-electron chi connectivity index (χ0n) is 14.3. The summed E-state index contributed by atoms with van der Waals surface area (Å²) in [4.78, 5) is 18.3. The molecule has 0 bridgehead atoms. The molecule has 0 unspecified atom stereocenters. The second-order valence-corrected chi connectivity index (χ2v) is 8.96. The van der Waals surface area contributed by atoms with E-state index in [0.717, 1.165) is 29.0 Å². The third-order valence-electron chi connectivity index (χ3n) is 5.29. The van der Waals surface area contributed by atoms with Gasteiger partial charge in [-0.15, -0.1) is 11.3 Å². The van der Waals surface area contributed by atoms with Gasteiger partial charge in [-0.1, -0.05) is 26.8 Å². The van der Waals surface area contributed by atoms with E-state index in [2.05, 4.69) is 36.4 Å². The first-order chi connectivity index (χ1) is 11.4. The summed E-state index contributed by atoms with van der Waals surface area (Å²) in [6, 6.07) is 3.88. The molecule has 4 nitrogen and oxygen atoms in total. The van der Waals surface area contributed by atoms with E-state index in [4.69, 9.17) is 0 Å². The first-order valence-electron chi connectivity index (χ1n) is 8.55. The molecular formula is C19H23N3OS. The summed E-state index contributed by atoms with van der Waals surface area (Å²) in [5, 5.41) is 7.60. The van der Waals surface area contributed by atoms with Gasteiger partial charge >= 0.3 is 0 Å². The van der Waals surface area contributed by atoms with Crippen LogP contribution in [0, 0.1) is 11.3 Å². The van der Waals surface area contributed by atoms with Crippen molar-refractivity contribution >= 4 is 22.2 Å². The lowest BCUT2D eigenvalue weighted by Gasteiger charge is -2.34. The monoisotopic (exact) mass is 341 g/mol. The fourth-order valence-electron chi connectivity index (χ4n) is 3.75. The van der Waals surface area contributed by atoms with E-state index in [1.165, 1.54) is 16.9 Å². The standard InChI is InChI=1S/C19H23N3OS/c1-19(2,3)12-6-7-13-14(9-12)24-18-15(13)17(23)21-16(22-18)11-5-4-8-20-10-11/h4-5,8,10,12,16,22H,6-7,9H2,1-3H3,(H,21,23)/t12-,16+/m0/s1. The van der Waals surface area contributed by atoms with Gasteiger partial charge < -0.3 is 10.6 Å². The van der Waals surface area contributed by atoms with Gasteiger partial charge in [-0.3, -0.25) is 9.78 Å². The first-order valence-corrected chi connectivity index (χ1v) is 9.37. The Balaban J connectivity index is 1.66. The van der Waals surface area contributed by atoms with Gasteiger partial charge in [-0.05, 0) is 42.2 Å². The quantitative estimate of drug-likeness (QED) is 0.819. The van der Waals surface area contributed by atoms with E-state index in [0.29, 0.717) is 11.3 Å². The van der Waals surface area contributed by atoms with Gasteiger partial charge in [0.05, 0.1) is 5.56 Å². The summed E-state index contributed by atoms with van der Waals surface area (Å²) in [7, 11) is 0. The number of thiophene rings is 1. The molecule has 2 aromatic rings. The molecule has 24 heavy (non-hydrogen) atoms. The molecule has 1 amide bonds. The van der Waals surface area contributed by atoms with Gasteiger partial charge in [0.2, 0.25) is 0 Å². The highest BCUT2D eigenvalue weighted by Crippen LogP contribution is 2.45. The summed E-state index contributed by atoms with van der Waals surface area (Å²) < 4.78 is 0. The van der Waals surface area contributed by atoms with Gasteiger partial charge in [-0.2, -0.15) is 0 Å².